The Morgan fingerprint density at radius 1 is 0.886 bits per heavy atom. The Hall–Kier alpha value is -2.93. The molecule has 4 rings (SSSR count). The van der Waals surface area contributed by atoms with Crippen LogP contribution in [0.25, 0.3) is 0 Å². The van der Waals surface area contributed by atoms with Crippen LogP contribution in [-0.4, -0.2) is 74.8 Å². The summed E-state index contributed by atoms with van der Waals surface area (Å²) >= 11 is 0. The van der Waals surface area contributed by atoms with Crippen molar-refractivity contribution < 1.29 is 17.9 Å². The largest absolute Gasteiger partial charge is 0.497 e. The van der Waals surface area contributed by atoms with E-state index in [9.17, 15) is 18.5 Å². The van der Waals surface area contributed by atoms with Gasteiger partial charge >= 0.3 is 0 Å². The molecular weight excluding hydrogens is 464 g/mol. The molecule has 2 heterocycles. The highest BCUT2D eigenvalue weighted by atomic mass is 32.2. The summed E-state index contributed by atoms with van der Waals surface area (Å²) in [6, 6.07) is 15.8. The summed E-state index contributed by atoms with van der Waals surface area (Å²) in [7, 11) is -1.93. The molecule has 0 aliphatic carbocycles. The van der Waals surface area contributed by atoms with Crippen molar-refractivity contribution in [3.05, 3.63) is 59.7 Å². The minimum atomic E-state index is -3.54. The van der Waals surface area contributed by atoms with E-state index in [0.29, 0.717) is 44.8 Å². The van der Waals surface area contributed by atoms with Gasteiger partial charge in [-0.15, -0.1) is 0 Å². The van der Waals surface area contributed by atoms with Crippen molar-refractivity contribution in [1.29, 1.82) is 5.26 Å². The first-order chi connectivity index (χ1) is 16.9. The molecule has 1 atom stereocenters. The van der Waals surface area contributed by atoms with E-state index in [1.54, 1.807) is 40.6 Å². The van der Waals surface area contributed by atoms with Crippen LogP contribution in [0.2, 0.25) is 0 Å². The van der Waals surface area contributed by atoms with E-state index in [2.05, 4.69) is 11.0 Å². The molecule has 0 radical (unpaired) electrons. The van der Waals surface area contributed by atoms with E-state index in [1.807, 2.05) is 24.3 Å². The number of carbonyl (C=O) groups is 1. The van der Waals surface area contributed by atoms with E-state index in [-0.39, 0.29) is 16.8 Å². The van der Waals surface area contributed by atoms with E-state index in [4.69, 9.17) is 4.74 Å². The molecule has 8 nitrogen and oxygen atoms in total. The highest BCUT2D eigenvalue weighted by Gasteiger charge is 2.29. The lowest BCUT2D eigenvalue weighted by Gasteiger charge is -2.37. The zero-order chi connectivity index (χ0) is 24.8. The van der Waals surface area contributed by atoms with Crippen molar-refractivity contribution in [3.8, 4) is 11.8 Å². The number of nitrogens with zero attached hydrogens (tertiary/aromatic N) is 4. The van der Waals surface area contributed by atoms with Crippen molar-refractivity contribution in [2.75, 3.05) is 46.4 Å². The quantitative estimate of drug-likeness (QED) is 0.609. The average molecular weight is 497 g/mol. The normalized spacial score (nSPS) is 18.9. The fourth-order valence-corrected chi connectivity index (χ4v) is 6.24. The monoisotopic (exact) mass is 496 g/mol. The summed E-state index contributed by atoms with van der Waals surface area (Å²) in [5, 5.41) is 9.76. The molecule has 0 saturated carbocycles. The van der Waals surface area contributed by atoms with Gasteiger partial charge < -0.3 is 9.64 Å². The van der Waals surface area contributed by atoms with Gasteiger partial charge in [0.15, 0.2) is 0 Å². The number of piperazine rings is 1. The van der Waals surface area contributed by atoms with Crippen LogP contribution in [0.3, 0.4) is 0 Å². The topological polar surface area (TPSA) is 94.0 Å². The number of benzene rings is 2. The number of rotatable bonds is 6. The lowest BCUT2D eigenvalue weighted by molar-refractivity contribution is 0.0606. The minimum Gasteiger partial charge on any atom is -0.497 e. The molecule has 2 saturated heterocycles. The van der Waals surface area contributed by atoms with Gasteiger partial charge in [0.05, 0.1) is 18.1 Å². The smallest absolute Gasteiger partial charge is 0.253 e. The molecule has 2 aromatic rings. The average Bonchev–Trinajstić information content (AvgIpc) is 3.20. The summed E-state index contributed by atoms with van der Waals surface area (Å²) in [5.74, 6) is 0.618. The number of ether oxygens (including phenoxy) is 1. The molecule has 35 heavy (non-hydrogen) atoms. The fraction of sp³-hybridized carbons (Fsp3) is 0.462. The first kappa shape index (κ1) is 25.2. The van der Waals surface area contributed by atoms with Gasteiger partial charge in [0.2, 0.25) is 10.0 Å². The van der Waals surface area contributed by atoms with Crippen molar-refractivity contribution in [3.63, 3.8) is 0 Å². The number of hydrogen-bond donors (Lipinski definition) is 0. The maximum absolute atomic E-state index is 13.1. The number of hydrogen-bond acceptors (Lipinski definition) is 6. The second-order valence-electron chi connectivity index (χ2n) is 8.98. The van der Waals surface area contributed by atoms with Gasteiger partial charge in [0.25, 0.3) is 5.91 Å². The van der Waals surface area contributed by atoms with Crippen LogP contribution in [0.5, 0.6) is 5.75 Å². The predicted octanol–water partition coefficient (Wildman–Crippen LogP) is 3.28. The lowest BCUT2D eigenvalue weighted by atomic mass is 10.1. The molecule has 1 amide bonds. The van der Waals surface area contributed by atoms with Crippen LogP contribution in [0, 0.1) is 11.3 Å². The highest BCUT2D eigenvalue weighted by Crippen LogP contribution is 2.25. The van der Waals surface area contributed by atoms with E-state index < -0.39 is 10.0 Å². The molecule has 0 aromatic heterocycles. The van der Waals surface area contributed by atoms with Crippen LogP contribution in [-0.2, 0) is 10.0 Å². The van der Waals surface area contributed by atoms with Gasteiger partial charge in [-0.2, -0.15) is 9.57 Å². The Labute approximate surface area is 207 Å². The Morgan fingerprint density at radius 2 is 1.49 bits per heavy atom. The van der Waals surface area contributed by atoms with E-state index >= 15 is 0 Å². The molecular formula is C26H32N4O4S. The Balaban J connectivity index is 1.37. The van der Waals surface area contributed by atoms with Gasteiger partial charge in [-0.3, -0.25) is 9.69 Å². The maximum Gasteiger partial charge on any atom is 0.253 e. The molecule has 0 unspecified atom stereocenters. The van der Waals surface area contributed by atoms with Crippen LogP contribution in [0.4, 0.5) is 0 Å². The molecule has 2 aliphatic rings. The Bertz CT molecular complexity index is 1140. The molecule has 0 N–H and O–H groups in total. The maximum atomic E-state index is 13.1. The second kappa shape index (κ2) is 11.2. The third-order valence-corrected chi connectivity index (χ3v) is 8.74. The van der Waals surface area contributed by atoms with Crippen molar-refractivity contribution >= 4 is 15.9 Å². The van der Waals surface area contributed by atoms with Gasteiger partial charge in [-0.1, -0.05) is 25.0 Å². The molecule has 0 spiro atoms. The third kappa shape index (κ3) is 5.67. The first-order valence-corrected chi connectivity index (χ1v) is 13.5. The highest BCUT2D eigenvalue weighted by molar-refractivity contribution is 7.89. The summed E-state index contributed by atoms with van der Waals surface area (Å²) in [5.41, 5.74) is 1.37. The van der Waals surface area contributed by atoms with E-state index in [1.165, 1.54) is 0 Å². The predicted molar refractivity (Wildman–Crippen MR) is 132 cm³/mol. The lowest BCUT2D eigenvalue weighted by Crippen LogP contribution is -2.49. The second-order valence-corrected chi connectivity index (χ2v) is 10.9. The number of amides is 1. The molecule has 2 aliphatic heterocycles. The summed E-state index contributed by atoms with van der Waals surface area (Å²) in [6.07, 6.45) is 3.88. The Morgan fingerprint density at radius 3 is 2.03 bits per heavy atom. The van der Waals surface area contributed by atoms with Crippen molar-refractivity contribution in [1.82, 2.24) is 14.1 Å². The summed E-state index contributed by atoms with van der Waals surface area (Å²) in [4.78, 5) is 17.1. The summed E-state index contributed by atoms with van der Waals surface area (Å²) < 4.78 is 32.7. The zero-order valence-electron chi connectivity index (χ0n) is 20.1. The van der Waals surface area contributed by atoms with Crippen LogP contribution in [0.15, 0.2) is 53.4 Å². The van der Waals surface area contributed by atoms with Crippen LogP contribution < -0.4 is 4.74 Å². The molecule has 2 aromatic carbocycles. The molecule has 186 valence electrons. The van der Waals surface area contributed by atoms with E-state index in [0.717, 1.165) is 37.0 Å². The Kier molecular flexibility index (Phi) is 8.06. The minimum absolute atomic E-state index is 0.124. The molecule has 2 fully saturated rings. The number of methoxy groups -OCH3 is 1. The van der Waals surface area contributed by atoms with Gasteiger partial charge in [0.1, 0.15) is 11.8 Å². The number of carbonyl (C=O) groups excluding carboxylic acids is 1. The van der Waals surface area contributed by atoms with Gasteiger partial charge in [-0.05, 0) is 54.8 Å². The van der Waals surface area contributed by atoms with Crippen LogP contribution in [0.1, 0.15) is 47.6 Å². The fourth-order valence-electron chi connectivity index (χ4n) is 4.72. The number of sulfonamides is 1. The SMILES string of the molecule is COc1ccc([C@@H](C#N)N2CCN(C(=O)c3ccc(S(=O)(=O)N4CCCCCC4)cc3)CC2)cc1. The third-order valence-electron chi connectivity index (χ3n) is 6.82. The van der Waals surface area contributed by atoms with Crippen LogP contribution >= 0.6 is 0 Å². The first-order valence-electron chi connectivity index (χ1n) is 12.1. The summed E-state index contributed by atoms with van der Waals surface area (Å²) in [6.45, 7) is 3.26. The van der Waals surface area contributed by atoms with Gasteiger partial charge in [0, 0.05) is 44.8 Å². The van der Waals surface area contributed by atoms with Crippen molar-refractivity contribution in [2.45, 2.75) is 36.6 Å². The van der Waals surface area contributed by atoms with Gasteiger partial charge in [-0.25, -0.2) is 8.42 Å². The molecule has 0 bridgehead atoms. The zero-order valence-corrected chi connectivity index (χ0v) is 20.9. The molecule has 9 heteroatoms. The van der Waals surface area contributed by atoms with Crippen molar-refractivity contribution in [2.24, 2.45) is 0 Å². The standard InChI is InChI=1S/C26H32N4O4S/c1-34-23-10-6-21(7-11-23)25(20-27)28-16-18-29(19-17-28)26(31)22-8-12-24(13-9-22)35(32,33)30-14-4-2-3-5-15-30/h6-13,25H,2-5,14-19H2,1H3/t25-/m1/s1. The number of nitriles is 1.